The molecule has 1 heterocycles. The molecule has 3 aromatic rings. The number of hydrogen-bond acceptors (Lipinski definition) is 4. The summed E-state index contributed by atoms with van der Waals surface area (Å²) in [6.07, 6.45) is 2.76. The SMILES string of the molecule is NC(=O)[C@@H](c1cncc(F)c1)N(C(=O)c1ccccc1O)[C@@H]1CCc2c(F)cc(Cl)cc21. The molecule has 1 aromatic heterocycles. The molecule has 2 aromatic carbocycles. The minimum absolute atomic E-state index is 0.0530. The van der Waals surface area contributed by atoms with Crippen molar-refractivity contribution < 1.29 is 23.5 Å². The van der Waals surface area contributed by atoms with Crippen LogP contribution in [-0.2, 0) is 11.2 Å². The van der Waals surface area contributed by atoms with Crippen molar-refractivity contribution in [3.05, 3.63) is 93.8 Å². The number of carbonyl (C=O) groups excluding carboxylic acids is 2. The normalized spacial score (nSPS) is 15.8. The van der Waals surface area contributed by atoms with Crippen LogP contribution in [0.3, 0.4) is 0 Å². The van der Waals surface area contributed by atoms with Crippen LogP contribution < -0.4 is 5.73 Å². The Hall–Kier alpha value is -3.52. The average molecular weight is 458 g/mol. The fourth-order valence-corrected chi connectivity index (χ4v) is 4.40. The molecule has 1 aliphatic rings. The summed E-state index contributed by atoms with van der Waals surface area (Å²) < 4.78 is 28.5. The third-order valence-electron chi connectivity index (χ3n) is 5.52. The van der Waals surface area contributed by atoms with Crippen LogP contribution in [0.5, 0.6) is 5.75 Å². The highest BCUT2D eigenvalue weighted by Crippen LogP contribution is 2.43. The van der Waals surface area contributed by atoms with Crippen molar-refractivity contribution in [2.75, 3.05) is 0 Å². The number of primary amides is 1. The Bertz CT molecular complexity index is 1220. The number of para-hydroxylation sites is 1. The minimum atomic E-state index is -1.43. The number of pyridine rings is 1. The van der Waals surface area contributed by atoms with E-state index in [4.69, 9.17) is 17.3 Å². The number of nitrogens with two attached hydrogens (primary N) is 1. The highest BCUT2D eigenvalue weighted by atomic mass is 35.5. The maximum absolute atomic E-state index is 14.5. The van der Waals surface area contributed by atoms with Crippen LogP contribution in [0, 0.1) is 11.6 Å². The molecule has 2 amide bonds. The predicted octanol–water partition coefficient (Wildman–Crippen LogP) is 4.08. The van der Waals surface area contributed by atoms with Crippen LogP contribution in [-0.4, -0.2) is 26.8 Å². The second-order valence-corrected chi connectivity index (χ2v) is 7.92. The van der Waals surface area contributed by atoms with Gasteiger partial charge in [0.2, 0.25) is 5.91 Å². The lowest BCUT2D eigenvalue weighted by Gasteiger charge is -2.35. The zero-order chi connectivity index (χ0) is 23.0. The van der Waals surface area contributed by atoms with Gasteiger partial charge in [0.05, 0.1) is 17.8 Å². The van der Waals surface area contributed by atoms with Crippen molar-refractivity contribution in [2.24, 2.45) is 5.73 Å². The molecule has 0 saturated heterocycles. The van der Waals surface area contributed by atoms with E-state index >= 15 is 0 Å². The molecule has 1 aliphatic carbocycles. The highest BCUT2D eigenvalue weighted by Gasteiger charge is 2.41. The molecule has 32 heavy (non-hydrogen) atoms. The van der Waals surface area contributed by atoms with E-state index in [0.717, 1.165) is 17.2 Å². The summed E-state index contributed by atoms with van der Waals surface area (Å²) >= 11 is 6.07. The first-order valence-electron chi connectivity index (χ1n) is 9.76. The van der Waals surface area contributed by atoms with Gasteiger partial charge in [-0.2, -0.15) is 0 Å². The molecule has 0 fully saturated rings. The number of nitrogens with zero attached hydrogens (tertiary/aromatic N) is 2. The van der Waals surface area contributed by atoms with Crippen molar-refractivity contribution in [3.8, 4) is 5.75 Å². The van der Waals surface area contributed by atoms with Crippen LogP contribution in [0.4, 0.5) is 8.78 Å². The highest BCUT2D eigenvalue weighted by molar-refractivity contribution is 6.30. The molecule has 164 valence electrons. The van der Waals surface area contributed by atoms with E-state index in [1.807, 2.05) is 0 Å². The molecule has 0 radical (unpaired) electrons. The standard InChI is InChI=1S/C23H18ClF2N3O3/c24-13-8-17-15(18(26)9-13)5-6-19(17)29(23(32)16-3-1-2-4-20(16)30)21(22(27)31)12-7-14(25)11-28-10-12/h1-4,7-11,19,21,30H,5-6H2,(H2,27,31)/t19-,21-/m1/s1. The van der Waals surface area contributed by atoms with Gasteiger partial charge in [-0.1, -0.05) is 23.7 Å². The van der Waals surface area contributed by atoms with Crippen molar-refractivity contribution in [1.29, 1.82) is 0 Å². The third kappa shape index (κ3) is 3.89. The smallest absolute Gasteiger partial charge is 0.259 e. The lowest BCUT2D eigenvalue weighted by Crippen LogP contribution is -2.43. The lowest BCUT2D eigenvalue weighted by molar-refractivity contribution is -0.123. The zero-order valence-electron chi connectivity index (χ0n) is 16.6. The number of hydrogen-bond donors (Lipinski definition) is 2. The van der Waals surface area contributed by atoms with Gasteiger partial charge >= 0.3 is 0 Å². The Balaban J connectivity index is 1.91. The molecule has 0 bridgehead atoms. The van der Waals surface area contributed by atoms with E-state index in [2.05, 4.69) is 4.98 Å². The van der Waals surface area contributed by atoms with E-state index < -0.39 is 35.5 Å². The second kappa shape index (κ2) is 8.55. The Kier molecular flexibility index (Phi) is 5.80. The van der Waals surface area contributed by atoms with Crippen molar-refractivity contribution in [2.45, 2.75) is 24.9 Å². The van der Waals surface area contributed by atoms with Crippen LogP contribution in [0.2, 0.25) is 5.02 Å². The fraction of sp³-hybridized carbons (Fsp3) is 0.174. The Morgan fingerprint density at radius 3 is 2.62 bits per heavy atom. The zero-order valence-corrected chi connectivity index (χ0v) is 17.4. The number of halogens is 3. The Morgan fingerprint density at radius 2 is 1.94 bits per heavy atom. The van der Waals surface area contributed by atoms with Gasteiger partial charge in [-0.05, 0) is 54.3 Å². The molecule has 3 N–H and O–H groups in total. The Labute approximate surface area is 187 Å². The topological polar surface area (TPSA) is 96.5 Å². The van der Waals surface area contributed by atoms with E-state index in [1.165, 1.54) is 30.5 Å². The van der Waals surface area contributed by atoms with Gasteiger partial charge in [-0.15, -0.1) is 0 Å². The van der Waals surface area contributed by atoms with Crippen LogP contribution >= 0.6 is 11.6 Å². The number of fused-ring (bicyclic) bond motifs is 1. The van der Waals surface area contributed by atoms with Gasteiger partial charge < -0.3 is 15.7 Å². The molecule has 4 rings (SSSR count). The maximum atomic E-state index is 14.5. The largest absolute Gasteiger partial charge is 0.507 e. The first-order valence-corrected chi connectivity index (χ1v) is 10.1. The first-order chi connectivity index (χ1) is 15.3. The molecule has 6 nitrogen and oxygen atoms in total. The maximum Gasteiger partial charge on any atom is 0.259 e. The number of benzene rings is 2. The number of carbonyl (C=O) groups is 2. The van der Waals surface area contributed by atoms with Crippen LogP contribution in [0.25, 0.3) is 0 Å². The minimum Gasteiger partial charge on any atom is -0.507 e. The monoisotopic (exact) mass is 457 g/mol. The lowest BCUT2D eigenvalue weighted by atomic mass is 9.98. The van der Waals surface area contributed by atoms with E-state index in [0.29, 0.717) is 17.5 Å². The quantitative estimate of drug-likeness (QED) is 0.603. The fourth-order valence-electron chi connectivity index (χ4n) is 4.18. The number of aromatic hydroxyl groups is 1. The number of amides is 2. The van der Waals surface area contributed by atoms with Gasteiger partial charge in [-0.3, -0.25) is 14.6 Å². The van der Waals surface area contributed by atoms with Crippen molar-refractivity contribution in [1.82, 2.24) is 9.88 Å². The molecule has 0 saturated carbocycles. The van der Waals surface area contributed by atoms with Gasteiger partial charge in [0, 0.05) is 16.8 Å². The van der Waals surface area contributed by atoms with Gasteiger partial charge in [-0.25, -0.2) is 8.78 Å². The molecule has 0 aliphatic heterocycles. The number of rotatable bonds is 5. The molecule has 9 heteroatoms. The van der Waals surface area contributed by atoms with Gasteiger partial charge in [0.1, 0.15) is 23.4 Å². The molecule has 0 unspecified atom stereocenters. The summed E-state index contributed by atoms with van der Waals surface area (Å²) in [4.78, 5) is 31.2. The summed E-state index contributed by atoms with van der Waals surface area (Å²) in [5.41, 5.74) is 6.44. The molecular weight excluding hydrogens is 440 g/mol. The number of aromatic nitrogens is 1. The second-order valence-electron chi connectivity index (χ2n) is 7.48. The summed E-state index contributed by atoms with van der Waals surface area (Å²) in [6, 6.07) is 7.35. The van der Waals surface area contributed by atoms with Gasteiger partial charge in [0.15, 0.2) is 0 Å². The van der Waals surface area contributed by atoms with Crippen LogP contribution in [0.15, 0.2) is 54.9 Å². The van der Waals surface area contributed by atoms with Crippen molar-refractivity contribution >= 4 is 23.4 Å². The third-order valence-corrected chi connectivity index (χ3v) is 5.73. The summed E-state index contributed by atoms with van der Waals surface area (Å²) in [5, 5.41) is 10.4. The number of phenols is 1. The number of phenolic OH excluding ortho intramolecular Hbond substituents is 1. The summed E-state index contributed by atoms with van der Waals surface area (Å²) in [5.74, 6) is -3.21. The first kappa shape index (κ1) is 21.7. The molecular formula is C23H18ClF2N3O3. The van der Waals surface area contributed by atoms with Crippen molar-refractivity contribution in [3.63, 3.8) is 0 Å². The predicted molar refractivity (Wildman–Crippen MR) is 113 cm³/mol. The van der Waals surface area contributed by atoms with E-state index in [9.17, 15) is 23.5 Å². The molecule has 0 spiro atoms. The van der Waals surface area contributed by atoms with E-state index in [-0.39, 0.29) is 28.3 Å². The van der Waals surface area contributed by atoms with Gasteiger partial charge in [0.25, 0.3) is 5.91 Å². The molecule has 2 atom stereocenters. The summed E-state index contributed by atoms with van der Waals surface area (Å²) in [6.45, 7) is 0. The van der Waals surface area contributed by atoms with Crippen LogP contribution in [0.1, 0.15) is 45.6 Å². The summed E-state index contributed by atoms with van der Waals surface area (Å²) in [7, 11) is 0. The average Bonchev–Trinajstić information content (AvgIpc) is 3.15. The van der Waals surface area contributed by atoms with E-state index in [1.54, 1.807) is 12.1 Å². The Morgan fingerprint density at radius 1 is 1.19 bits per heavy atom.